The molecule has 0 aliphatic carbocycles. The average Bonchev–Trinajstić information content (AvgIpc) is 2.79. The average molecular weight is 393 g/mol. The van der Waals surface area contributed by atoms with Crippen LogP contribution >= 0.6 is 0 Å². The Kier molecular flexibility index (Phi) is 5.30. The molecule has 1 aliphatic heterocycles. The summed E-state index contributed by atoms with van der Waals surface area (Å²) in [4.78, 5) is 22.1. The fraction of sp³-hybridized carbons (Fsp3) is 0.286. The second kappa shape index (κ2) is 7.00. The summed E-state index contributed by atoms with van der Waals surface area (Å²) in [6, 6.07) is 7.55. The van der Waals surface area contributed by atoms with Gasteiger partial charge in [-0.15, -0.1) is 0 Å². The first-order chi connectivity index (χ1) is 10.0. The number of ether oxygens (including phenoxy) is 2. The summed E-state index contributed by atoms with van der Waals surface area (Å²) in [7, 11) is 1.59. The van der Waals surface area contributed by atoms with Crippen LogP contribution < -0.4 is 13.8 Å². The molecular formula is C14H16InNO5. The van der Waals surface area contributed by atoms with Crippen LogP contribution in [0.25, 0.3) is 0 Å². The second-order valence-electron chi connectivity index (χ2n) is 4.80. The summed E-state index contributed by atoms with van der Waals surface area (Å²) in [5.74, 6) is 0.0780. The van der Waals surface area contributed by atoms with Gasteiger partial charge in [0.1, 0.15) is 0 Å². The number of hydrogen-bond donors (Lipinski definition) is 2. The van der Waals surface area contributed by atoms with Gasteiger partial charge >= 0.3 is 130 Å². The molecule has 0 bridgehead atoms. The van der Waals surface area contributed by atoms with E-state index in [1.165, 1.54) is 0 Å². The molecule has 1 aromatic carbocycles. The minimum atomic E-state index is -2.68. The summed E-state index contributed by atoms with van der Waals surface area (Å²) >= 11 is -2.68. The molecule has 1 heterocycles. The Morgan fingerprint density at radius 3 is 2.62 bits per heavy atom. The van der Waals surface area contributed by atoms with E-state index in [1.807, 2.05) is 30.3 Å². The van der Waals surface area contributed by atoms with Gasteiger partial charge < -0.3 is 0 Å². The van der Waals surface area contributed by atoms with Crippen molar-refractivity contribution >= 4 is 36.8 Å². The third-order valence-corrected chi connectivity index (χ3v) is 13.1. The van der Waals surface area contributed by atoms with Crippen molar-refractivity contribution < 1.29 is 24.2 Å². The number of amides is 1. The van der Waals surface area contributed by atoms with E-state index >= 15 is 0 Å². The van der Waals surface area contributed by atoms with Crippen molar-refractivity contribution in [1.29, 1.82) is 0 Å². The molecule has 1 unspecified atom stereocenters. The molecule has 1 aliphatic rings. The Morgan fingerprint density at radius 2 is 2.05 bits per heavy atom. The first kappa shape index (κ1) is 15.9. The zero-order chi connectivity index (χ0) is 15.4. The van der Waals surface area contributed by atoms with Crippen LogP contribution in [0.15, 0.2) is 33.7 Å². The van der Waals surface area contributed by atoms with Gasteiger partial charge in [-0.3, -0.25) is 0 Å². The number of benzene rings is 1. The number of hydrogen-bond acceptors (Lipinski definition) is 5. The van der Waals surface area contributed by atoms with E-state index in [2.05, 4.69) is 4.74 Å². The number of carbonyl (C=O) groups excluding carboxylic acids is 2. The number of aliphatic hydroxyl groups is 1. The number of aliphatic hydroxyl groups excluding tert-OH is 1. The number of nitrogens with two attached hydrogens (primary N) is 1. The third kappa shape index (κ3) is 4.01. The van der Waals surface area contributed by atoms with Crippen LogP contribution in [-0.4, -0.2) is 49.6 Å². The number of primary amides is 1. The number of carbonyl (C=O) groups is 2. The fourth-order valence-corrected chi connectivity index (χ4v) is 11.5. The Balaban J connectivity index is 2.13. The SMILES string of the molecule is COc1cc[c]([In]2[C](CC(=O)OC(N)=O)=CC[CH]2O)cc1. The van der Waals surface area contributed by atoms with Crippen molar-refractivity contribution in [3.8, 4) is 5.75 Å². The quantitative estimate of drug-likeness (QED) is 0.562. The van der Waals surface area contributed by atoms with Crippen LogP contribution in [0.5, 0.6) is 5.75 Å². The molecule has 7 heteroatoms. The van der Waals surface area contributed by atoms with Crippen LogP contribution in [0.2, 0.25) is 0 Å². The van der Waals surface area contributed by atoms with Crippen molar-refractivity contribution in [3.05, 3.63) is 33.7 Å². The standard InChI is InChI=1S/C7H9NO4.C7H7O.In/c8-7(11)12-6(10)4-2-1-3-5-9;1-8-7-5-3-2-4-6-7;/h1,5,9H,3-4H2,(H2,8,11);3-6H,1H3;. The van der Waals surface area contributed by atoms with Gasteiger partial charge in [-0.2, -0.15) is 0 Å². The minimum absolute atomic E-state index is 0.0206. The molecule has 0 spiro atoms. The molecular weight excluding hydrogens is 377 g/mol. The molecule has 1 amide bonds. The molecule has 1 aromatic rings. The summed E-state index contributed by atoms with van der Waals surface area (Å²) in [5, 5.41) is 10.2. The van der Waals surface area contributed by atoms with Gasteiger partial charge in [-0.05, 0) is 0 Å². The van der Waals surface area contributed by atoms with Crippen molar-refractivity contribution in [2.45, 2.75) is 16.7 Å². The predicted molar refractivity (Wildman–Crippen MR) is 77.4 cm³/mol. The molecule has 3 N–H and O–H groups in total. The molecule has 21 heavy (non-hydrogen) atoms. The predicted octanol–water partition coefficient (Wildman–Crippen LogP) is 0.178. The van der Waals surface area contributed by atoms with Crippen LogP contribution in [0.4, 0.5) is 4.79 Å². The molecule has 0 saturated heterocycles. The monoisotopic (exact) mass is 393 g/mol. The van der Waals surface area contributed by atoms with E-state index in [1.54, 1.807) is 7.11 Å². The maximum absolute atomic E-state index is 11.6. The van der Waals surface area contributed by atoms with Gasteiger partial charge in [0, 0.05) is 0 Å². The molecule has 1 atom stereocenters. The Hall–Kier alpha value is -1.47. The van der Waals surface area contributed by atoms with Crippen molar-refractivity contribution in [1.82, 2.24) is 0 Å². The molecule has 6 nitrogen and oxygen atoms in total. The second-order valence-corrected chi connectivity index (χ2v) is 13.7. The van der Waals surface area contributed by atoms with Crippen molar-refractivity contribution in [2.75, 3.05) is 7.11 Å². The first-order valence-electron chi connectivity index (χ1n) is 6.52. The molecule has 0 fully saturated rings. The fourth-order valence-electron chi connectivity index (χ4n) is 2.53. The van der Waals surface area contributed by atoms with E-state index in [9.17, 15) is 14.7 Å². The Labute approximate surface area is 130 Å². The van der Waals surface area contributed by atoms with Crippen molar-refractivity contribution in [2.24, 2.45) is 5.73 Å². The summed E-state index contributed by atoms with van der Waals surface area (Å²) < 4.78 is 11.1. The van der Waals surface area contributed by atoms with Gasteiger partial charge in [0.15, 0.2) is 0 Å². The van der Waals surface area contributed by atoms with Crippen molar-refractivity contribution in [3.63, 3.8) is 0 Å². The summed E-state index contributed by atoms with van der Waals surface area (Å²) in [5.41, 5.74) is 4.83. The van der Waals surface area contributed by atoms with Gasteiger partial charge in [0.2, 0.25) is 0 Å². The van der Waals surface area contributed by atoms with Gasteiger partial charge in [-0.1, -0.05) is 0 Å². The van der Waals surface area contributed by atoms with E-state index in [0.29, 0.717) is 6.42 Å². The number of methoxy groups -OCH3 is 1. The van der Waals surface area contributed by atoms with Crippen LogP contribution in [0, 0.1) is 0 Å². The van der Waals surface area contributed by atoms with E-state index in [-0.39, 0.29) is 6.42 Å². The topological polar surface area (TPSA) is 98.9 Å². The number of esters is 1. The molecule has 110 valence electrons. The first-order valence-corrected chi connectivity index (χ1v) is 11.7. The van der Waals surface area contributed by atoms with E-state index in [4.69, 9.17) is 10.5 Å². The Morgan fingerprint density at radius 1 is 1.38 bits per heavy atom. The van der Waals surface area contributed by atoms with Crippen LogP contribution in [-0.2, 0) is 9.53 Å². The van der Waals surface area contributed by atoms with Crippen LogP contribution in [0.3, 0.4) is 0 Å². The zero-order valence-electron chi connectivity index (χ0n) is 11.6. The summed E-state index contributed by atoms with van der Waals surface area (Å²) in [6.07, 6.45) is 1.35. The van der Waals surface area contributed by atoms with E-state index < -0.39 is 37.4 Å². The third-order valence-electron chi connectivity index (χ3n) is 3.44. The van der Waals surface area contributed by atoms with Gasteiger partial charge in [0.05, 0.1) is 0 Å². The maximum atomic E-state index is 11.6. The number of rotatable bonds is 4. The van der Waals surface area contributed by atoms with Crippen LogP contribution in [0.1, 0.15) is 12.8 Å². The Bertz CT molecular complexity index is 569. The normalized spacial score (nSPS) is 17.3. The van der Waals surface area contributed by atoms with E-state index in [0.717, 1.165) is 12.4 Å². The van der Waals surface area contributed by atoms with Gasteiger partial charge in [0.25, 0.3) is 0 Å². The zero-order valence-corrected chi connectivity index (χ0v) is 14.9. The summed E-state index contributed by atoms with van der Waals surface area (Å²) in [6.45, 7) is 0. The molecule has 0 saturated carbocycles. The molecule has 0 radical (unpaired) electrons. The van der Waals surface area contributed by atoms with Gasteiger partial charge in [-0.25, -0.2) is 0 Å². The molecule has 2 rings (SSSR count). The molecule has 0 aromatic heterocycles.